The van der Waals surface area contributed by atoms with E-state index in [0.29, 0.717) is 19.0 Å². The Morgan fingerprint density at radius 2 is 2.12 bits per heavy atom. The van der Waals surface area contributed by atoms with Crippen molar-refractivity contribution >= 4 is 17.4 Å². The summed E-state index contributed by atoms with van der Waals surface area (Å²) in [6.07, 6.45) is 0.0130. The van der Waals surface area contributed by atoms with Crippen LogP contribution in [0.15, 0.2) is 30.3 Å². The predicted molar refractivity (Wildman–Crippen MR) is 65.6 cm³/mol. The van der Waals surface area contributed by atoms with Crippen molar-refractivity contribution in [3.8, 4) is 0 Å². The zero-order valence-electron chi connectivity index (χ0n) is 9.14. The fourth-order valence-corrected chi connectivity index (χ4v) is 2.15. The maximum absolute atomic E-state index is 5.86. The molecule has 0 saturated heterocycles. The lowest BCUT2D eigenvalue weighted by Gasteiger charge is -2.24. The number of halogens is 1. The van der Waals surface area contributed by atoms with Crippen LogP contribution >= 0.6 is 11.6 Å². The Kier molecular flexibility index (Phi) is 2.53. The minimum Gasteiger partial charge on any atom is -0.382 e. The van der Waals surface area contributed by atoms with E-state index in [1.54, 1.807) is 0 Å². The number of hydrogen-bond donors (Lipinski definition) is 1. The van der Waals surface area contributed by atoms with Crippen LogP contribution in [0.2, 0.25) is 5.02 Å². The Morgan fingerprint density at radius 1 is 1.35 bits per heavy atom. The summed E-state index contributed by atoms with van der Waals surface area (Å²) in [5, 5.41) is 4.96. The normalized spacial score (nSPS) is 19.0. The maximum Gasteiger partial charge on any atom is 0.145 e. The molecule has 5 heteroatoms. The van der Waals surface area contributed by atoms with Crippen LogP contribution in [0.4, 0.5) is 5.82 Å². The van der Waals surface area contributed by atoms with Gasteiger partial charge in [0.15, 0.2) is 0 Å². The number of nitrogen functional groups attached to an aromatic ring is 1. The molecular weight excluding hydrogens is 238 g/mol. The number of hydrogen-bond acceptors (Lipinski definition) is 3. The molecule has 1 aliphatic heterocycles. The summed E-state index contributed by atoms with van der Waals surface area (Å²) >= 11 is 5.86. The van der Waals surface area contributed by atoms with Crippen molar-refractivity contribution in [3.05, 3.63) is 46.6 Å². The second kappa shape index (κ2) is 4.05. The van der Waals surface area contributed by atoms with Gasteiger partial charge in [0.05, 0.1) is 18.8 Å². The average Bonchev–Trinajstić information content (AvgIpc) is 2.69. The molecule has 0 saturated carbocycles. The third-order valence-electron chi connectivity index (χ3n) is 2.90. The molecule has 0 fully saturated rings. The number of benzene rings is 1. The van der Waals surface area contributed by atoms with E-state index in [1.807, 2.05) is 35.0 Å². The highest BCUT2D eigenvalue weighted by atomic mass is 35.5. The third kappa shape index (κ3) is 2.01. The number of nitrogens with two attached hydrogens (primary N) is 1. The van der Waals surface area contributed by atoms with Crippen LogP contribution < -0.4 is 5.73 Å². The molecule has 1 aromatic carbocycles. The standard InChI is InChI=1S/C12H12ClN3O/c13-9-3-1-8(2-4-9)11-6-16-10(7-17-11)5-12(14)15-16/h1-5,11H,6-7H2,(H2,14,15). The number of aromatic nitrogens is 2. The van der Waals surface area contributed by atoms with E-state index in [2.05, 4.69) is 5.10 Å². The zero-order chi connectivity index (χ0) is 11.8. The highest BCUT2D eigenvalue weighted by Crippen LogP contribution is 2.27. The first-order chi connectivity index (χ1) is 8.22. The van der Waals surface area contributed by atoms with Crippen molar-refractivity contribution in [1.29, 1.82) is 0 Å². The van der Waals surface area contributed by atoms with Crippen LogP contribution in [0.1, 0.15) is 17.4 Å². The molecule has 2 N–H and O–H groups in total. The lowest BCUT2D eigenvalue weighted by Crippen LogP contribution is -2.21. The lowest BCUT2D eigenvalue weighted by molar-refractivity contribution is -0.00111. The summed E-state index contributed by atoms with van der Waals surface area (Å²) < 4.78 is 7.69. The number of fused-ring (bicyclic) bond motifs is 1. The zero-order valence-corrected chi connectivity index (χ0v) is 9.89. The monoisotopic (exact) mass is 249 g/mol. The van der Waals surface area contributed by atoms with E-state index in [1.165, 1.54) is 0 Å². The Balaban J connectivity index is 1.86. The minimum absolute atomic E-state index is 0.0130. The van der Waals surface area contributed by atoms with Gasteiger partial charge in [0.2, 0.25) is 0 Å². The van der Waals surface area contributed by atoms with Crippen molar-refractivity contribution in [3.63, 3.8) is 0 Å². The van der Waals surface area contributed by atoms with E-state index in [-0.39, 0.29) is 6.10 Å². The van der Waals surface area contributed by atoms with Gasteiger partial charge in [0.25, 0.3) is 0 Å². The summed E-state index contributed by atoms with van der Waals surface area (Å²) in [7, 11) is 0. The van der Waals surface area contributed by atoms with Gasteiger partial charge in [0.1, 0.15) is 11.9 Å². The molecule has 1 atom stereocenters. The summed E-state index contributed by atoms with van der Waals surface area (Å²) in [5.74, 6) is 0.542. The van der Waals surface area contributed by atoms with Crippen molar-refractivity contribution in [2.45, 2.75) is 19.3 Å². The van der Waals surface area contributed by atoms with Crippen LogP contribution in [0.5, 0.6) is 0 Å². The quantitative estimate of drug-likeness (QED) is 0.844. The van der Waals surface area contributed by atoms with Gasteiger partial charge in [-0.05, 0) is 17.7 Å². The van der Waals surface area contributed by atoms with Crippen LogP contribution in [0.3, 0.4) is 0 Å². The molecule has 0 bridgehead atoms. The number of rotatable bonds is 1. The van der Waals surface area contributed by atoms with E-state index in [4.69, 9.17) is 22.1 Å². The third-order valence-corrected chi connectivity index (χ3v) is 3.15. The first-order valence-corrected chi connectivity index (χ1v) is 5.79. The summed E-state index contributed by atoms with van der Waals surface area (Å²) in [5.41, 5.74) is 7.78. The summed E-state index contributed by atoms with van der Waals surface area (Å²) in [4.78, 5) is 0. The largest absolute Gasteiger partial charge is 0.382 e. The molecule has 17 heavy (non-hydrogen) atoms. The van der Waals surface area contributed by atoms with E-state index in [9.17, 15) is 0 Å². The SMILES string of the molecule is Nc1cc2n(n1)CC(c1ccc(Cl)cc1)OC2. The Hall–Kier alpha value is -1.52. The molecule has 3 rings (SSSR count). The van der Waals surface area contributed by atoms with Gasteiger partial charge < -0.3 is 10.5 Å². The highest BCUT2D eigenvalue weighted by molar-refractivity contribution is 6.30. The van der Waals surface area contributed by atoms with Gasteiger partial charge in [-0.15, -0.1) is 0 Å². The summed E-state index contributed by atoms with van der Waals surface area (Å²) in [6, 6.07) is 9.54. The molecule has 0 aliphatic carbocycles. The van der Waals surface area contributed by atoms with Crippen LogP contribution in [0.25, 0.3) is 0 Å². The lowest BCUT2D eigenvalue weighted by atomic mass is 10.1. The average molecular weight is 250 g/mol. The molecule has 4 nitrogen and oxygen atoms in total. The fraction of sp³-hybridized carbons (Fsp3) is 0.250. The van der Waals surface area contributed by atoms with Gasteiger partial charge in [-0.3, -0.25) is 4.68 Å². The van der Waals surface area contributed by atoms with E-state index < -0.39 is 0 Å². The van der Waals surface area contributed by atoms with Gasteiger partial charge in [-0.1, -0.05) is 23.7 Å². The Labute approximate surface area is 104 Å². The smallest absolute Gasteiger partial charge is 0.145 e. The molecule has 1 aliphatic rings. The number of ether oxygens (including phenoxy) is 1. The topological polar surface area (TPSA) is 53.1 Å². The molecule has 0 radical (unpaired) electrons. The predicted octanol–water partition coefficient (Wildman–Crippen LogP) is 2.39. The van der Waals surface area contributed by atoms with Gasteiger partial charge in [-0.2, -0.15) is 5.10 Å². The second-order valence-electron chi connectivity index (χ2n) is 4.09. The second-order valence-corrected chi connectivity index (χ2v) is 4.53. The molecule has 88 valence electrons. The Morgan fingerprint density at radius 3 is 2.88 bits per heavy atom. The molecular formula is C12H12ClN3O. The minimum atomic E-state index is 0.0130. The van der Waals surface area contributed by atoms with Gasteiger partial charge >= 0.3 is 0 Å². The molecule has 1 aromatic heterocycles. The Bertz CT molecular complexity index is 535. The van der Waals surface area contributed by atoms with Crippen LogP contribution in [-0.4, -0.2) is 9.78 Å². The first-order valence-electron chi connectivity index (χ1n) is 5.41. The fourth-order valence-electron chi connectivity index (χ4n) is 2.03. The first kappa shape index (κ1) is 10.6. The van der Waals surface area contributed by atoms with E-state index >= 15 is 0 Å². The molecule has 1 unspecified atom stereocenters. The van der Waals surface area contributed by atoms with Gasteiger partial charge in [0, 0.05) is 11.1 Å². The molecule has 0 spiro atoms. The maximum atomic E-state index is 5.86. The van der Waals surface area contributed by atoms with E-state index in [0.717, 1.165) is 16.3 Å². The molecule has 2 aromatic rings. The molecule has 0 amide bonds. The number of anilines is 1. The van der Waals surface area contributed by atoms with Crippen LogP contribution in [0, 0.1) is 0 Å². The van der Waals surface area contributed by atoms with Gasteiger partial charge in [-0.25, -0.2) is 0 Å². The van der Waals surface area contributed by atoms with Crippen molar-refractivity contribution in [2.75, 3.05) is 5.73 Å². The van der Waals surface area contributed by atoms with Crippen molar-refractivity contribution in [2.24, 2.45) is 0 Å². The molecule has 2 heterocycles. The highest BCUT2D eigenvalue weighted by Gasteiger charge is 2.21. The summed E-state index contributed by atoms with van der Waals surface area (Å²) in [6.45, 7) is 1.23. The van der Waals surface area contributed by atoms with Crippen LogP contribution in [-0.2, 0) is 17.9 Å². The number of nitrogens with zero attached hydrogens (tertiary/aromatic N) is 2. The van der Waals surface area contributed by atoms with Crippen molar-refractivity contribution < 1.29 is 4.74 Å². The van der Waals surface area contributed by atoms with Crippen molar-refractivity contribution in [1.82, 2.24) is 9.78 Å².